The summed E-state index contributed by atoms with van der Waals surface area (Å²) < 4.78 is 0.994. The minimum atomic E-state index is -0.265. The van der Waals surface area contributed by atoms with Crippen LogP contribution in [0.25, 0.3) is 20.8 Å². The van der Waals surface area contributed by atoms with E-state index in [1.54, 1.807) is 30.6 Å². The summed E-state index contributed by atoms with van der Waals surface area (Å²) in [5.41, 5.74) is 2.84. The van der Waals surface area contributed by atoms with Gasteiger partial charge in [0, 0.05) is 23.5 Å². The van der Waals surface area contributed by atoms with E-state index >= 15 is 0 Å². The quantitative estimate of drug-likeness (QED) is 0.465. The molecule has 0 aliphatic carbocycles. The third-order valence-electron chi connectivity index (χ3n) is 3.78. The van der Waals surface area contributed by atoms with Crippen molar-refractivity contribution < 1.29 is 4.79 Å². The molecule has 7 heteroatoms. The molecule has 0 atom stereocenters. The molecule has 128 valence electrons. The van der Waals surface area contributed by atoms with E-state index in [9.17, 15) is 4.79 Å². The van der Waals surface area contributed by atoms with Crippen molar-refractivity contribution in [1.29, 1.82) is 0 Å². The Morgan fingerprint density at radius 2 is 1.88 bits per heavy atom. The van der Waals surface area contributed by atoms with Gasteiger partial charge in [0.1, 0.15) is 5.01 Å². The number of hydrogen-bond donors (Lipinski definition) is 1. The number of pyridine rings is 1. The molecule has 0 unspecified atom stereocenters. The Morgan fingerprint density at radius 3 is 2.69 bits per heavy atom. The summed E-state index contributed by atoms with van der Waals surface area (Å²) in [6.07, 6.45) is 3.50. The Hall–Kier alpha value is -2.47. The number of rotatable bonds is 3. The number of aromatic nitrogens is 2. The number of benzene rings is 2. The van der Waals surface area contributed by atoms with Crippen LogP contribution in [0.5, 0.6) is 0 Å². The summed E-state index contributed by atoms with van der Waals surface area (Å²) in [6, 6.07) is 14.2. The van der Waals surface area contributed by atoms with Gasteiger partial charge in [-0.2, -0.15) is 0 Å². The molecule has 26 heavy (non-hydrogen) atoms. The number of amides is 1. The second kappa shape index (κ2) is 7.03. The van der Waals surface area contributed by atoms with Gasteiger partial charge in [-0.1, -0.05) is 35.3 Å². The number of hydrogen-bond acceptors (Lipinski definition) is 4. The second-order valence-corrected chi connectivity index (χ2v) is 7.34. The number of para-hydroxylation sites is 1. The summed E-state index contributed by atoms with van der Waals surface area (Å²) in [5, 5.41) is 4.49. The van der Waals surface area contributed by atoms with Crippen LogP contribution < -0.4 is 5.32 Å². The number of fused-ring (bicyclic) bond motifs is 1. The predicted molar refractivity (Wildman–Crippen MR) is 107 cm³/mol. The molecule has 2 heterocycles. The van der Waals surface area contributed by atoms with Crippen LogP contribution in [0.3, 0.4) is 0 Å². The van der Waals surface area contributed by atoms with E-state index in [0.29, 0.717) is 21.3 Å². The Balaban J connectivity index is 1.69. The fraction of sp³-hybridized carbons (Fsp3) is 0. The topological polar surface area (TPSA) is 54.9 Å². The number of thiazole rings is 1. The van der Waals surface area contributed by atoms with Crippen molar-refractivity contribution in [3.05, 3.63) is 76.5 Å². The van der Waals surface area contributed by atoms with Crippen molar-refractivity contribution in [1.82, 2.24) is 9.97 Å². The normalized spacial score (nSPS) is 10.8. The fourth-order valence-corrected chi connectivity index (χ4v) is 3.78. The lowest BCUT2D eigenvalue weighted by molar-refractivity contribution is 0.102. The zero-order chi connectivity index (χ0) is 18.1. The maximum atomic E-state index is 12.6. The Bertz CT molecular complexity index is 1090. The minimum Gasteiger partial charge on any atom is -0.321 e. The van der Waals surface area contributed by atoms with E-state index in [1.165, 1.54) is 11.3 Å². The van der Waals surface area contributed by atoms with E-state index in [2.05, 4.69) is 15.3 Å². The van der Waals surface area contributed by atoms with Crippen molar-refractivity contribution in [2.24, 2.45) is 0 Å². The van der Waals surface area contributed by atoms with E-state index < -0.39 is 0 Å². The van der Waals surface area contributed by atoms with Gasteiger partial charge in [0.25, 0.3) is 5.91 Å². The Labute approximate surface area is 163 Å². The number of carbonyl (C=O) groups is 1. The van der Waals surface area contributed by atoms with E-state index in [0.717, 1.165) is 20.8 Å². The van der Waals surface area contributed by atoms with Crippen LogP contribution in [-0.4, -0.2) is 15.9 Å². The fourth-order valence-electron chi connectivity index (χ4n) is 2.51. The van der Waals surface area contributed by atoms with Crippen molar-refractivity contribution in [3.8, 4) is 10.6 Å². The SMILES string of the molecule is O=C(Nc1ccccc1-c1nc2ccncc2s1)c1ccc(Cl)c(Cl)c1. The molecule has 2 aromatic heterocycles. The van der Waals surface area contributed by atoms with E-state index in [4.69, 9.17) is 23.2 Å². The number of halogens is 2. The number of anilines is 1. The van der Waals surface area contributed by atoms with Crippen LogP contribution >= 0.6 is 34.5 Å². The molecule has 4 aromatic rings. The molecule has 0 aliphatic rings. The highest BCUT2D eigenvalue weighted by molar-refractivity contribution is 7.21. The summed E-state index contributed by atoms with van der Waals surface area (Å²) in [7, 11) is 0. The van der Waals surface area contributed by atoms with Gasteiger partial charge in [0.2, 0.25) is 0 Å². The van der Waals surface area contributed by atoms with Crippen LogP contribution in [0.15, 0.2) is 60.9 Å². The lowest BCUT2D eigenvalue weighted by atomic mass is 10.1. The average Bonchev–Trinajstić information content (AvgIpc) is 3.08. The molecular formula is C19H11Cl2N3OS. The molecule has 0 bridgehead atoms. The largest absolute Gasteiger partial charge is 0.321 e. The molecule has 0 saturated carbocycles. The lowest BCUT2D eigenvalue weighted by Gasteiger charge is -2.10. The molecule has 0 radical (unpaired) electrons. The number of carbonyl (C=O) groups excluding carboxylic acids is 1. The molecular weight excluding hydrogens is 389 g/mol. The highest BCUT2D eigenvalue weighted by Crippen LogP contribution is 2.34. The van der Waals surface area contributed by atoms with Crippen molar-refractivity contribution in [2.45, 2.75) is 0 Å². The smallest absolute Gasteiger partial charge is 0.255 e. The molecule has 0 aliphatic heterocycles. The van der Waals surface area contributed by atoms with Gasteiger partial charge in [0.05, 0.1) is 25.9 Å². The first-order valence-electron chi connectivity index (χ1n) is 7.68. The van der Waals surface area contributed by atoms with E-state index in [1.807, 2.05) is 30.3 Å². The average molecular weight is 400 g/mol. The molecule has 0 saturated heterocycles. The summed E-state index contributed by atoms with van der Waals surface area (Å²) in [6.45, 7) is 0. The standard InChI is InChI=1S/C19H11Cl2N3OS/c20-13-6-5-11(9-14(13)21)18(25)23-15-4-2-1-3-12(15)19-24-16-7-8-22-10-17(16)26-19/h1-10H,(H,23,25). The molecule has 4 nitrogen and oxygen atoms in total. The Kier molecular flexibility index (Phi) is 4.59. The third-order valence-corrected chi connectivity index (χ3v) is 5.56. The zero-order valence-electron chi connectivity index (χ0n) is 13.2. The van der Waals surface area contributed by atoms with Gasteiger partial charge in [0.15, 0.2) is 0 Å². The summed E-state index contributed by atoms with van der Waals surface area (Å²) in [5.74, 6) is -0.265. The van der Waals surface area contributed by atoms with Gasteiger partial charge in [-0.25, -0.2) is 4.98 Å². The highest BCUT2D eigenvalue weighted by Gasteiger charge is 2.14. The second-order valence-electron chi connectivity index (χ2n) is 5.49. The van der Waals surface area contributed by atoms with Gasteiger partial charge in [-0.3, -0.25) is 9.78 Å². The van der Waals surface area contributed by atoms with Crippen LogP contribution in [0.2, 0.25) is 10.0 Å². The number of nitrogens with one attached hydrogen (secondary N) is 1. The predicted octanol–water partition coefficient (Wildman–Crippen LogP) is 5.92. The van der Waals surface area contributed by atoms with Gasteiger partial charge in [-0.05, 0) is 36.4 Å². The monoisotopic (exact) mass is 399 g/mol. The van der Waals surface area contributed by atoms with Crippen LogP contribution in [0.4, 0.5) is 5.69 Å². The molecule has 1 N–H and O–H groups in total. The molecule has 1 amide bonds. The maximum absolute atomic E-state index is 12.6. The lowest BCUT2D eigenvalue weighted by Crippen LogP contribution is -2.12. The van der Waals surface area contributed by atoms with E-state index in [-0.39, 0.29) is 5.91 Å². The first-order chi connectivity index (χ1) is 12.6. The third kappa shape index (κ3) is 3.29. The molecule has 4 rings (SSSR count). The minimum absolute atomic E-state index is 0.265. The maximum Gasteiger partial charge on any atom is 0.255 e. The first-order valence-corrected chi connectivity index (χ1v) is 9.25. The van der Waals surface area contributed by atoms with Crippen LogP contribution in [0.1, 0.15) is 10.4 Å². The Morgan fingerprint density at radius 1 is 1.04 bits per heavy atom. The van der Waals surface area contributed by atoms with Gasteiger partial charge in [-0.15, -0.1) is 11.3 Å². The van der Waals surface area contributed by atoms with Crippen LogP contribution in [0, 0.1) is 0 Å². The van der Waals surface area contributed by atoms with Gasteiger partial charge < -0.3 is 5.32 Å². The zero-order valence-corrected chi connectivity index (χ0v) is 15.6. The molecule has 2 aromatic carbocycles. The summed E-state index contributed by atoms with van der Waals surface area (Å²) >= 11 is 13.4. The van der Waals surface area contributed by atoms with Gasteiger partial charge >= 0.3 is 0 Å². The highest BCUT2D eigenvalue weighted by atomic mass is 35.5. The van der Waals surface area contributed by atoms with Crippen molar-refractivity contribution in [3.63, 3.8) is 0 Å². The molecule has 0 spiro atoms. The summed E-state index contributed by atoms with van der Waals surface area (Å²) in [4.78, 5) is 21.4. The molecule has 0 fully saturated rings. The van der Waals surface area contributed by atoms with Crippen molar-refractivity contribution >= 4 is 56.3 Å². The first kappa shape index (κ1) is 17.0. The van der Waals surface area contributed by atoms with Crippen LogP contribution in [-0.2, 0) is 0 Å². The van der Waals surface area contributed by atoms with Crippen molar-refractivity contribution in [2.75, 3.05) is 5.32 Å². The number of nitrogens with zero attached hydrogens (tertiary/aromatic N) is 2.